The minimum atomic E-state index is -0.229. The van der Waals surface area contributed by atoms with E-state index in [1.54, 1.807) is 0 Å². The summed E-state index contributed by atoms with van der Waals surface area (Å²) in [6.07, 6.45) is 2.92. The molecule has 5 nitrogen and oxygen atoms in total. The molecule has 2 N–H and O–H groups in total. The van der Waals surface area contributed by atoms with Crippen molar-refractivity contribution in [1.29, 1.82) is 0 Å². The molecule has 0 saturated heterocycles. The van der Waals surface area contributed by atoms with Crippen molar-refractivity contribution in [3.8, 4) is 5.75 Å². The minimum Gasteiger partial charge on any atom is -0.483 e. The number of ether oxygens (including phenoxy) is 1. The first-order chi connectivity index (χ1) is 13.5. The lowest BCUT2D eigenvalue weighted by Crippen LogP contribution is -2.21. The molecule has 5 heteroatoms. The van der Waals surface area contributed by atoms with E-state index in [1.165, 1.54) is 0 Å². The van der Waals surface area contributed by atoms with E-state index in [2.05, 4.69) is 24.5 Å². The van der Waals surface area contributed by atoms with Crippen molar-refractivity contribution >= 4 is 23.2 Å². The Kier molecular flexibility index (Phi) is 6.34. The summed E-state index contributed by atoms with van der Waals surface area (Å²) in [5.41, 5.74) is 3.36. The fourth-order valence-electron chi connectivity index (χ4n) is 3.06. The van der Waals surface area contributed by atoms with Gasteiger partial charge in [0, 0.05) is 17.3 Å². The van der Waals surface area contributed by atoms with Crippen LogP contribution in [-0.4, -0.2) is 18.4 Å². The maximum Gasteiger partial charge on any atom is 0.262 e. The highest BCUT2D eigenvalue weighted by Gasteiger charge is 2.29. The molecule has 1 saturated carbocycles. The molecule has 0 aromatic heterocycles. The van der Waals surface area contributed by atoms with Crippen LogP contribution < -0.4 is 15.4 Å². The van der Waals surface area contributed by atoms with Gasteiger partial charge < -0.3 is 15.4 Å². The predicted octanol–water partition coefficient (Wildman–Crippen LogP) is 4.87. The standard InChI is InChI=1S/C23H28N2O3/c1-4-15(2)18-8-5-6-11-21(18)28-14-22(26)24-19-9-7-10-20(16(19)3)25-23(27)17-12-13-17/h5-11,15,17H,4,12-14H2,1-3H3,(H,24,26)(H,25,27). The molecule has 2 amide bonds. The summed E-state index contributed by atoms with van der Waals surface area (Å²) in [5.74, 6) is 1.07. The van der Waals surface area contributed by atoms with Crippen molar-refractivity contribution in [2.24, 2.45) is 5.92 Å². The Balaban J connectivity index is 1.62. The number of anilines is 2. The molecule has 148 valence electrons. The van der Waals surface area contributed by atoms with E-state index in [-0.39, 0.29) is 24.3 Å². The van der Waals surface area contributed by atoms with Gasteiger partial charge in [-0.05, 0) is 61.4 Å². The van der Waals surface area contributed by atoms with E-state index >= 15 is 0 Å². The second kappa shape index (κ2) is 8.91. The molecule has 0 heterocycles. The minimum absolute atomic E-state index is 0.0524. The van der Waals surface area contributed by atoms with Gasteiger partial charge in [-0.25, -0.2) is 0 Å². The largest absolute Gasteiger partial charge is 0.483 e. The number of rotatable bonds is 8. The van der Waals surface area contributed by atoms with Gasteiger partial charge in [0.05, 0.1) is 0 Å². The third kappa shape index (κ3) is 4.91. The molecular formula is C23H28N2O3. The molecular weight excluding hydrogens is 352 g/mol. The van der Waals surface area contributed by atoms with Crippen LogP contribution in [0.3, 0.4) is 0 Å². The van der Waals surface area contributed by atoms with Gasteiger partial charge in [0.25, 0.3) is 5.91 Å². The maximum absolute atomic E-state index is 12.4. The molecule has 0 aliphatic heterocycles. The summed E-state index contributed by atoms with van der Waals surface area (Å²) in [6, 6.07) is 13.3. The molecule has 1 atom stereocenters. The van der Waals surface area contributed by atoms with Crippen molar-refractivity contribution in [3.63, 3.8) is 0 Å². The lowest BCUT2D eigenvalue weighted by atomic mass is 9.98. The van der Waals surface area contributed by atoms with Gasteiger partial charge in [0.15, 0.2) is 6.61 Å². The molecule has 2 aromatic carbocycles. The second-order valence-corrected chi connectivity index (χ2v) is 7.43. The third-order valence-electron chi connectivity index (χ3n) is 5.23. The molecule has 3 rings (SSSR count). The number of carbonyl (C=O) groups excluding carboxylic acids is 2. The zero-order valence-corrected chi connectivity index (χ0v) is 16.7. The van der Waals surface area contributed by atoms with Gasteiger partial charge in [-0.15, -0.1) is 0 Å². The van der Waals surface area contributed by atoms with Crippen LogP contribution in [-0.2, 0) is 9.59 Å². The summed E-state index contributed by atoms with van der Waals surface area (Å²) < 4.78 is 5.79. The Morgan fingerprint density at radius 2 is 1.75 bits per heavy atom. The lowest BCUT2D eigenvalue weighted by Gasteiger charge is -2.16. The van der Waals surface area contributed by atoms with Crippen molar-refractivity contribution in [3.05, 3.63) is 53.6 Å². The van der Waals surface area contributed by atoms with Crippen LogP contribution in [0.2, 0.25) is 0 Å². The highest BCUT2D eigenvalue weighted by Crippen LogP contribution is 2.32. The SMILES string of the molecule is CCC(C)c1ccccc1OCC(=O)Nc1cccc(NC(=O)C2CC2)c1C. The van der Waals surface area contributed by atoms with Crippen LogP contribution in [0.25, 0.3) is 0 Å². The van der Waals surface area contributed by atoms with E-state index in [9.17, 15) is 9.59 Å². The molecule has 0 radical (unpaired) electrons. The Hall–Kier alpha value is -2.82. The van der Waals surface area contributed by atoms with Crippen molar-refractivity contribution in [1.82, 2.24) is 0 Å². The van der Waals surface area contributed by atoms with Crippen LogP contribution >= 0.6 is 0 Å². The van der Waals surface area contributed by atoms with Gasteiger partial charge in [0.2, 0.25) is 5.91 Å². The van der Waals surface area contributed by atoms with Gasteiger partial charge >= 0.3 is 0 Å². The van der Waals surface area contributed by atoms with Gasteiger partial charge in [-0.1, -0.05) is 38.1 Å². The van der Waals surface area contributed by atoms with E-state index in [0.717, 1.165) is 41.8 Å². The molecule has 28 heavy (non-hydrogen) atoms. The first-order valence-corrected chi connectivity index (χ1v) is 9.91. The number of hydrogen-bond acceptors (Lipinski definition) is 3. The Labute approximate surface area is 166 Å². The predicted molar refractivity (Wildman–Crippen MR) is 112 cm³/mol. The zero-order valence-electron chi connectivity index (χ0n) is 16.7. The second-order valence-electron chi connectivity index (χ2n) is 7.43. The Morgan fingerprint density at radius 1 is 1.07 bits per heavy atom. The first kappa shape index (κ1) is 19.9. The third-order valence-corrected chi connectivity index (χ3v) is 5.23. The lowest BCUT2D eigenvalue weighted by molar-refractivity contribution is -0.118. The van der Waals surface area contributed by atoms with Crippen LogP contribution in [0.1, 0.15) is 50.2 Å². The fraction of sp³-hybridized carbons (Fsp3) is 0.391. The number of amides is 2. The summed E-state index contributed by atoms with van der Waals surface area (Å²) in [6.45, 7) is 6.10. The first-order valence-electron chi connectivity index (χ1n) is 9.91. The average Bonchev–Trinajstić information content (AvgIpc) is 3.54. The molecule has 1 aliphatic rings. The highest BCUT2D eigenvalue weighted by atomic mass is 16.5. The van der Waals surface area contributed by atoms with E-state index in [4.69, 9.17) is 4.74 Å². The van der Waals surface area contributed by atoms with Gasteiger partial charge in [-0.3, -0.25) is 9.59 Å². The van der Waals surface area contributed by atoms with Gasteiger partial charge in [-0.2, -0.15) is 0 Å². The fourth-order valence-corrected chi connectivity index (χ4v) is 3.06. The van der Waals surface area contributed by atoms with E-state index < -0.39 is 0 Å². The molecule has 2 aromatic rings. The van der Waals surface area contributed by atoms with Crippen molar-refractivity contribution in [2.75, 3.05) is 17.2 Å². The number of nitrogens with one attached hydrogen (secondary N) is 2. The molecule has 0 spiro atoms. The highest BCUT2D eigenvalue weighted by molar-refractivity contribution is 5.97. The normalized spacial score (nSPS) is 14.2. The number of carbonyl (C=O) groups is 2. The number of benzene rings is 2. The zero-order chi connectivity index (χ0) is 20.1. The topological polar surface area (TPSA) is 67.4 Å². The molecule has 1 fully saturated rings. The van der Waals surface area contributed by atoms with Crippen LogP contribution in [0.5, 0.6) is 5.75 Å². The monoisotopic (exact) mass is 380 g/mol. The smallest absolute Gasteiger partial charge is 0.262 e. The Bertz CT molecular complexity index is 859. The van der Waals surface area contributed by atoms with E-state index in [0.29, 0.717) is 11.6 Å². The van der Waals surface area contributed by atoms with Gasteiger partial charge in [0.1, 0.15) is 5.75 Å². The van der Waals surface area contributed by atoms with Crippen molar-refractivity contribution < 1.29 is 14.3 Å². The van der Waals surface area contributed by atoms with Crippen molar-refractivity contribution in [2.45, 2.75) is 46.0 Å². The maximum atomic E-state index is 12.4. The summed E-state index contributed by atoms with van der Waals surface area (Å²) in [4.78, 5) is 24.4. The van der Waals surface area contributed by atoms with E-state index in [1.807, 2.05) is 49.4 Å². The number of hydrogen-bond donors (Lipinski definition) is 2. The number of para-hydroxylation sites is 1. The molecule has 0 bridgehead atoms. The summed E-state index contributed by atoms with van der Waals surface area (Å²) in [7, 11) is 0. The van der Waals surface area contributed by atoms with Crippen LogP contribution in [0.15, 0.2) is 42.5 Å². The molecule has 1 aliphatic carbocycles. The summed E-state index contributed by atoms with van der Waals surface area (Å²) in [5, 5.41) is 5.83. The average molecular weight is 380 g/mol. The molecule has 1 unspecified atom stereocenters. The Morgan fingerprint density at radius 3 is 2.43 bits per heavy atom. The quantitative estimate of drug-likeness (QED) is 0.686. The van der Waals surface area contributed by atoms with Crippen LogP contribution in [0, 0.1) is 12.8 Å². The summed E-state index contributed by atoms with van der Waals surface area (Å²) >= 11 is 0. The van der Waals surface area contributed by atoms with Crippen LogP contribution in [0.4, 0.5) is 11.4 Å².